The largest absolute Gasteiger partial charge is 1.00 e. The van der Waals surface area contributed by atoms with E-state index >= 15 is 0 Å². The van der Waals surface area contributed by atoms with Crippen molar-refractivity contribution in [1.82, 2.24) is 4.90 Å². The fourth-order valence-electron chi connectivity index (χ4n) is 1.86. The van der Waals surface area contributed by atoms with Crippen LogP contribution in [0.3, 0.4) is 0 Å². The predicted octanol–water partition coefficient (Wildman–Crippen LogP) is -0.0119. The molecule has 5 heteroatoms. The standard InChI is InChI=1S/C16H25NO3.ClH/c1-11(2)14-10-15(20-13(4)18)12(3)9-16(14)19-8-7-17(5)6;/h9-11H,7-8H2,1-6H3;1H/p-1. The normalized spacial score (nSPS) is 10.5. The molecule has 0 amide bonds. The van der Waals surface area contributed by atoms with E-state index in [-0.39, 0.29) is 18.4 Å². The molecule has 0 saturated carbocycles. The highest BCUT2D eigenvalue weighted by molar-refractivity contribution is 5.70. The molecule has 0 heterocycles. The summed E-state index contributed by atoms with van der Waals surface area (Å²) in [4.78, 5) is 13.2. The molecular formula is C16H25ClNO3-. The summed E-state index contributed by atoms with van der Waals surface area (Å²) in [5.41, 5.74) is 1.97. The number of hydrogen-bond donors (Lipinski definition) is 0. The SMILES string of the molecule is CC(=O)Oc1cc(C(C)C)c(OCCN(C)C)cc1C.[Cl-]. The van der Waals surface area contributed by atoms with Gasteiger partial charge in [-0.15, -0.1) is 0 Å². The highest BCUT2D eigenvalue weighted by Gasteiger charge is 2.14. The van der Waals surface area contributed by atoms with E-state index in [0.717, 1.165) is 23.4 Å². The summed E-state index contributed by atoms with van der Waals surface area (Å²) >= 11 is 0. The van der Waals surface area contributed by atoms with Crippen molar-refractivity contribution in [3.8, 4) is 11.5 Å². The summed E-state index contributed by atoms with van der Waals surface area (Å²) in [6.45, 7) is 9.03. The average Bonchev–Trinajstić information content (AvgIpc) is 2.30. The molecule has 0 radical (unpaired) electrons. The van der Waals surface area contributed by atoms with Gasteiger partial charge in [0.05, 0.1) is 0 Å². The number of nitrogens with zero attached hydrogens (tertiary/aromatic N) is 1. The molecule has 0 bridgehead atoms. The van der Waals surface area contributed by atoms with Crippen LogP contribution >= 0.6 is 0 Å². The van der Waals surface area contributed by atoms with Crippen LogP contribution in [0.25, 0.3) is 0 Å². The van der Waals surface area contributed by atoms with Gasteiger partial charge in [0.15, 0.2) is 0 Å². The first kappa shape index (κ1) is 19.7. The van der Waals surface area contributed by atoms with Crippen LogP contribution in [0.1, 0.15) is 37.8 Å². The molecule has 0 aliphatic carbocycles. The smallest absolute Gasteiger partial charge is 0.308 e. The van der Waals surface area contributed by atoms with Crippen LogP contribution in [0.2, 0.25) is 0 Å². The van der Waals surface area contributed by atoms with Crippen molar-refractivity contribution >= 4 is 5.97 Å². The van der Waals surface area contributed by atoms with Crippen molar-refractivity contribution in [3.05, 3.63) is 23.3 Å². The number of benzene rings is 1. The number of aryl methyl sites for hydroxylation is 1. The van der Waals surface area contributed by atoms with Crippen LogP contribution in [0.4, 0.5) is 0 Å². The van der Waals surface area contributed by atoms with E-state index in [9.17, 15) is 4.79 Å². The van der Waals surface area contributed by atoms with Gasteiger partial charge >= 0.3 is 5.97 Å². The van der Waals surface area contributed by atoms with Crippen LogP contribution < -0.4 is 21.9 Å². The van der Waals surface area contributed by atoms with Crippen LogP contribution in [0.5, 0.6) is 11.5 Å². The maximum Gasteiger partial charge on any atom is 0.308 e. The van der Waals surface area contributed by atoms with Gasteiger partial charge < -0.3 is 26.8 Å². The third kappa shape index (κ3) is 6.36. The lowest BCUT2D eigenvalue weighted by atomic mass is 10.00. The Morgan fingerprint density at radius 1 is 1.24 bits per heavy atom. The number of hydrogen-bond acceptors (Lipinski definition) is 4. The molecule has 0 N–H and O–H groups in total. The van der Waals surface area contributed by atoms with Crippen LogP contribution in [-0.2, 0) is 4.79 Å². The number of esters is 1. The first-order valence-electron chi connectivity index (χ1n) is 6.91. The zero-order valence-corrected chi connectivity index (χ0v) is 14.5. The van der Waals surface area contributed by atoms with Gasteiger partial charge in [-0.1, -0.05) is 13.8 Å². The Kier molecular flexibility index (Phi) is 8.37. The lowest BCUT2D eigenvalue weighted by molar-refractivity contribution is -0.131. The molecule has 0 saturated heterocycles. The fourth-order valence-corrected chi connectivity index (χ4v) is 1.86. The Bertz CT molecular complexity index is 473. The molecule has 0 unspecified atom stereocenters. The minimum atomic E-state index is -0.302. The minimum Gasteiger partial charge on any atom is -1.00 e. The zero-order valence-electron chi connectivity index (χ0n) is 13.7. The molecular weight excluding hydrogens is 290 g/mol. The monoisotopic (exact) mass is 314 g/mol. The summed E-state index contributed by atoms with van der Waals surface area (Å²) in [5.74, 6) is 1.49. The number of halogens is 1. The summed E-state index contributed by atoms with van der Waals surface area (Å²) in [5, 5.41) is 0. The van der Waals surface area contributed by atoms with Gasteiger partial charge in [-0.3, -0.25) is 4.79 Å². The van der Waals surface area contributed by atoms with Crippen molar-refractivity contribution in [2.45, 2.75) is 33.6 Å². The Hall–Kier alpha value is -1.26. The second-order valence-corrected chi connectivity index (χ2v) is 5.56. The summed E-state index contributed by atoms with van der Waals surface area (Å²) in [7, 11) is 4.03. The van der Waals surface area contributed by atoms with Gasteiger partial charge in [0.2, 0.25) is 0 Å². The molecule has 1 rings (SSSR count). The highest BCUT2D eigenvalue weighted by atomic mass is 35.5. The molecule has 0 aliphatic rings. The summed E-state index contributed by atoms with van der Waals surface area (Å²) < 4.78 is 11.1. The summed E-state index contributed by atoms with van der Waals surface area (Å²) in [6, 6.07) is 3.86. The number of ether oxygens (including phenoxy) is 2. The van der Waals surface area contributed by atoms with Crippen LogP contribution in [-0.4, -0.2) is 38.1 Å². The molecule has 120 valence electrons. The number of rotatable bonds is 6. The lowest BCUT2D eigenvalue weighted by Gasteiger charge is -2.18. The van der Waals surface area contributed by atoms with E-state index in [4.69, 9.17) is 9.47 Å². The maximum absolute atomic E-state index is 11.1. The van der Waals surface area contributed by atoms with Gasteiger partial charge in [0, 0.05) is 19.0 Å². The van der Waals surface area contributed by atoms with Crippen LogP contribution in [0.15, 0.2) is 12.1 Å². The van der Waals surface area contributed by atoms with Gasteiger partial charge in [-0.25, -0.2) is 0 Å². The van der Waals surface area contributed by atoms with Crippen molar-refractivity contribution in [2.75, 3.05) is 27.2 Å². The Balaban J connectivity index is 0.00000400. The van der Waals surface area contributed by atoms with Crippen LogP contribution in [0, 0.1) is 6.92 Å². The molecule has 21 heavy (non-hydrogen) atoms. The van der Waals surface area contributed by atoms with E-state index in [0.29, 0.717) is 18.3 Å². The van der Waals surface area contributed by atoms with E-state index in [2.05, 4.69) is 18.7 Å². The fraction of sp³-hybridized carbons (Fsp3) is 0.562. The van der Waals surface area contributed by atoms with Crippen molar-refractivity contribution in [2.24, 2.45) is 0 Å². The van der Waals surface area contributed by atoms with Crippen molar-refractivity contribution in [1.29, 1.82) is 0 Å². The van der Waals surface area contributed by atoms with Gasteiger partial charge in [-0.05, 0) is 44.6 Å². The quantitative estimate of drug-likeness (QED) is 0.547. The van der Waals surface area contributed by atoms with Crippen molar-refractivity contribution < 1.29 is 26.7 Å². The summed E-state index contributed by atoms with van der Waals surface area (Å²) in [6.07, 6.45) is 0. The molecule has 1 aromatic rings. The molecule has 0 atom stereocenters. The molecule has 1 aromatic carbocycles. The Labute approximate surface area is 133 Å². The van der Waals surface area contributed by atoms with Crippen molar-refractivity contribution in [3.63, 3.8) is 0 Å². The van der Waals surface area contributed by atoms with E-state index in [1.165, 1.54) is 6.92 Å². The third-order valence-corrected chi connectivity index (χ3v) is 2.98. The van der Waals surface area contributed by atoms with Gasteiger partial charge in [0.1, 0.15) is 18.1 Å². The topological polar surface area (TPSA) is 38.8 Å². The molecule has 0 spiro atoms. The molecule has 0 aliphatic heterocycles. The van der Waals surface area contributed by atoms with Gasteiger partial charge in [0.25, 0.3) is 0 Å². The Morgan fingerprint density at radius 2 is 1.86 bits per heavy atom. The third-order valence-electron chi connectivity index (χ3n) is 2.98. The first-order valence-corrected chi connectivity index (χ1v) is 6.91. The lowest BCUT2D eigenvalue weighted by Crippen LogP contribution is -3.00. The van der Waals surface area contributed by atoms with E-state index in [1.807, 2.05) is 33.2 Å². The van der Waals surface area contributed by atoms with E-state index < -0.39 is 0 Å². The molecule has 0 fully saturated rings. The highest BCUT2D eigenvalue weighted by Crippen LogP contribution is 2.33. The van der Waals surface area contributed by atoms with Gasteiger partial charge in [-0.2, -0.15) is 0 Å². The molecule has 4 nitrogen and oxygen atoms in total. The Morgan fingerprint density at radius 3 is 2.33 bits per heavy atom. The first-order chi connectivity index (χ1) is 9.31. The minimum absolute atomic E-state index is 0. The number of carbonyl (C=O) groups excluding carboxylic acids is 1. The maximum atomic E-state index is 11.1. The zero-order chi connectivity index (χ0) is 15.3. The number of carbonyl (C=O) groups is 1. The number of likely N-dealkylation sites (N-methyl/N-ethyl adjacent to an activating group) is 1. The second kappa shape index (κ2) is 8.90. The second-order valence-electron chi connectivity index (χ2n) is 5.56. The average molecular weight is 315 g/mol. The van der Waals surface area contributed by atoms with E-state index in [1.54, 1.807) is 0 Å². The molecule has 0 aromatic heterocycles. The predicted molar refractivity (Wildman–Crippen MR) is 80.6 cm³/mol.